The van der Waals surface area contributed by atoms with E-state index in [1.165, 1.54) is 12.3 Å². The van der Waals surface area contributed by atoms with E-state index in [4.69, 9.17) is 4.98 Å². The maximum Gasteiger partial charge on any atom is 0.143 e. The summed E-state index contributed by atoms with van der Waals surface area (Å²) in [4.78, 5) is 4.97. The van der Waals surface area contributed by atoms with Gasteiger partial charge in [0, 0.05) is 36.7 Å². The van der Waals surface area contributed by atoms with Crippen LogP contribution in [-0.2, 0) is 0 Å². The number of aromatic nitrogens is 6. The van der Waals surface area contributed by atoms with E-state index in [1.54, 1.807) is 32.2 Å². The van der Waals surface area contributed by atoms with Crippen LogP contribution in [0.25, 0.3) is 28.3 Å². The molecule has 7 nitrogen and oxygen atoms in total. The minimum atomic E-state index is -0.348. The van der Waals surface area contributed by atoms with Crippen LogP contribution in [0.15, 0.2) is 91.6 Å². The molecule has 0 spiro atoms. The van der Waals surface area contributed by atoms with Crippen LogP contribution in [0.4, 0.5) is 15.9 Å². The molecule has 6 rings (SSSR count). The SMILES string of the molecule is Cc1cccc(C)c1Nc1c(-c2c(-n3cccn3)cccc2-n2cccn2)nc2ccc(F)cn12. The molecule has 1 N–H and O–H groups in total. The molecule has 2 aromatic carbocycles. The molecule has 35 heavy (non-hydrogen) atoms. The molecule has 0 amide bonds. The summed E-state index contributed by atoms with van der Waals surface area (Å²) in [5.41, 5.74) is 6.87. The molecule has 172 valence electrons. The maximum atomic E-state index is 14.4. The second-order valence-corrected chi connectivity index (χ2v) is 8.35. The number of benzene rings is 2. The third-order valence-corrected chi connectivity index (χ3v) is 6.07. The molecule has 0 radical (unpaired) electrons. The lowest BCUT2D eigenvalue weighted by molar-refractivity contribution is 0.619. The van der Waals surface area contributed by atoms with Crippen molar-refractivity contribution in [1.29, 1.82) is 0 Å². The Bertz CT molecular complexity index is 1570. The number of nitrogens with one attached hydrogen (secondary N) is 1. The van der Waals surface area contributed by atoms with Crippen LogP contribution in [0.3, 0.4) is 0 Å². The van der Waals surface area contributed by atoms with Crippen LogP contribution in [0.1, 0.15) is 11.1 Å². The molecule has 4 aromatic heterocycles. The highest BCUT2D eigenvalue weighted by Gasteiger charge is 2.23. The Morgan fingerprint density at radius 1 is 0.771 bits per heavy atom. The van der Waals surface area contributed by atoms with Crippen molar-refractivity contribution in [2.45, 2.75) is 13.8 Å². The van der Waals surface area contributed by atoms with E-state index < -0.39 is 0 Å². The summed E-state index contributed by atoms with van der Waals surface area (Å²) in [6.07, 6.45) is 8.70. The van der Waals surface area contributed by atoms with E-state index in [1.807, 2.05) is 74.8 Å². The van der Waals surface area contributed by atoms with Crippen molar-refractivity contribution in [2.75, 3.05) is 5.32 Å². The summed E-state index contributed by atoms with van der Waals surface area (Å²) in [5.74, 6) is 0.309. The average molecular weight is 464 g/mol. The van der Waals surface area contributed by atoms with E-state index in [0.717, 1.165) is 33.8 Å². The van der Waals surface area contributed by atoms with Gasteiger partial charge in [0.15, 0.2) is 0 Å². The summed E-state index contributed by atoms with van der Waals surface area (Å²) in [7, 11) is 0. The van der Waals surface area contributed by atoms with Gasteiger partial charge in [-0.15, -0.1) is 0 Å². The maximum absolute atomic E-state index is 14.4. The molecule has 0 aliphatic carbocycles. The molecular weight excluding hydrogens is 441 g/mol. The molecule has 6 aromatic rings. The van der Waals surface area contributed by atoms with Gasteiger partial charge in [-0.25, -0.2) is 18.7 Å². The largest absolute Gasteiger partial charge is 0.339 e. The topological polar surface area (TPSA) is 65.0 Å². The molecule has 0 fully saturated rings. The summed E-state index contributed by atoms with van der Waals surface area (Å²) in [6, 6.07) is 18.9. The van der Waals surface area contributed by atoms with Crippen molar-refractivity contribution < 1.29 is 4.39 Å². The Labute approximate surface area is 201 Å². The Balaban J connectivity index is 1.69. The third-order valence-electron chi connectivity index (χ3n) is 6.07. The van der Waals surface area contributed by atoms with E-state index in [2.05, 4.69) is 15.5 Å². The number of para-hydroxylation sites is 1. The lowest BCUT2D eigenvalue weighted by atomic mass is 10.1. The number of hydrogen-bond donors (Lipinski definition) is 1. The predicted molar refractivity (Wildman–Crippen MR) is 134 cm³/mol. The first-order chi connectivity index (χ1) is 17.1. The van der Waals surface area contributed by atoms with Gasteiger partial charge in [0.1, 0.15) is 23.0 Å². The first kappa shape index (κ1) is 20.9. The smallest absolute Gasteiger partial charge is 0.143 e. The second kappa shape index (κ2) is 8.25. The van der Waals surface area contributed by atoms with Gasteiger partial charge in [0.25, 0.3) is 0 Å². The van der Waals surface area contributed by atoms with Crippen molar-refractivity contribution in [2.24, 2.45) is 0 Å². The van der Waals surface area contributed by atoms with Gasteiger partial charge >= 0.3 is 0 Å². The van der Waals surface area contributed by atoms with Crippen molar-refractivity contribution in [3.63, 3.8) is 0 Å². The normalized spacial score (nSPS) is 11.3. The lowest BCUT2D eigenvalue weighted by Crippen LogP contribution is -2.06. The Kier molecular flexibility index (Phi) is 4.92. The van der Waals surface area contributed by atoms with Crippen molar-refractivity contribution in [1.82, 2.24) is 28.9 Å². The molecular formula is C27H22FN7. The van der Waals surface area contributed by atoms with Gasteiger partial charge in [-0.05, 0) is 61.4 Å². The van der Waals surface area contributed by atoms with E-state index >= 15 is 0 Å². The molecule has 0 aliphatic rings. The van der Waals surface area contributed by atoms with Crippen LogP contribution in [0.2, 0.25) is 0 Å². The number of imidazole rings is 1. The highest BCUT2D eigenvalue weighted by Crippen LogP contribution is 2.39. The molecule has 0 aliphatic heterocycles. The van der Waals surface area contributed by atoms with E-state index in [0.29, 0.717) is 17.2 Å². The molecule has 0 unspecified atom stereocenters. The standard InChI is InChI=1S/C27H22FN7/c1-18-7-3-8-19(2)25(18)32-27-26(31-23-12-11-20(28)17-33(23)27)24-21(34-15-5-13-29-34)9-4-10-22(24)35-16-6-14-30-35/h3-17,32H,1-2H3. The number of nitrogens with zero attached hydrogens (tertiary/aromatic N) is 6. The minimum Gasteiger partial charge on any atom is -0.339 e. The molecule has 0 atom stereocenters. The fourth-order valence-electron chi connectivity index (χ4n) is 4.42. The fraction of sp³-hybridized carbons (Fsp3) is 0.0741. The zero-order valence-electron chi connectivity index (χ0n) is 19.2. The fourth-order valence-corrected chi connectivity index (χ4v) is 4.42. The van der Waals surface area contributed by atoms with Crippen LogP contribution < -0.4 is 5.32 Å². The number of hydrogen-bond acceptors (Lipinski definition) is 4. The number of rotatable bonds is 5. The molecule has 0 saturated carbocycles. The first-order valence-corrected chi connectivity index (χ1v) is 11.2. The first-order valence-electron chi connectivity index (χ1n) is 11.2. The van der Waals surface area contributed by atoms with Crippen LogP contribution in [-0.4, -0.2) is 28.9 Å². The zero-order chi connectivity index (χ0) is 23.9. The quantitative estimate of drug-likeness (QED) is 0.347. The van der Waals surface area contributed by atoms with Gasteiger partial charge in [0.05, 0.1) is 16.9 Å². The molecule has 0 saturated heterocycles. The van der Waals surface area contributed by atoms with E-state index in [-0.39, 0.29) is 5.82 Å². The van der Waals surface area contributed by atoms with Crippen molar-refractivity contribution in [3.8, 4) is 22.6 Å². The summed E-state index contributed by atoms with van der Waals surface area (Å²) >= 11 is 0. The number of anilines is 2. The third kappa shape index (κ3) is 3.56. The van der Waals surface area contributed by atoms with E-state index in [9.17, 15) is 4.39 Å². The number of fused-ring (bicyclic) bond motifs is 1. The van der Waals surface area contributed by atoms with Crippen molar-refractivity contribution in [3.05, 3.63) is 109 Å². The molecule has 4 heterocycles. The number of halogens is 1. The molecule has 8 heteroatoms. The summed E-state index contributed by atoms with van der Waals surface area (Å²) in [6.45, 7) is 4.09. The Morgan fingerprint density at radius 2 is 1.40 bits per heavy atom. The van der Waals surface area contributed by atoms with Crippen LogP contribution in [0, 0.1) is 19.7 Å². The van der Waals surface area contributed by atoms with Gasteiger partial charge in [-0.3, -0.25) is 4.40 Å². The average Bonchev–Trinajstić information content (AvgIpc) is 3.63. The predicted octanol–water partition coefficient (Wildman–Crippen LogP) is 5.87. The Hall–Kier alpha value is -4.72. The zero-order valence-corrected chi connectivity index (χ0v) is 19.2. The highest BCUT2D eigenvalue weighted by molar-refractivity contribution is 5.89. The lowest BCUT2D eigenvalue weighted by Gasteiger charge is -2.17. The van der Waals surface area contributed by atoms with Gasteiger partial charge in [-0.2, -0.15) is 10.2 Å². The number of pyridine rings is 1. The van der Waals surface area contributed by atoms with Gasteiger partial charge in [0.2, 0.25) is 0 Å². The van der Waals surface area contributed by atoms with Crippen LogP contribution in [0.5, 0.6) is 0 Å². The van der Waals surface area contributed by atoms with Crippen molar-refractivity contribution >= 4 is 17.2 Å². The summed E-state index contributed by atoms with van der Waals surface area (Å²) < 4.78 is 19.8. The van der Waals surface area contributed by atoms with Gasteiger partial charge < -0.3 is 5.32 Å². The summed E-state index contributed by atoms with van der Waals surface area (Å²) in [5, 5.41) is 12.5. The van der Waals surface area contributed by atoms with Gasteiger partial charge in [-0.1, -0.05) is 24.3 Å². The minimum absolute atomic E-state index is 0.348. The Morgan fingerprint density at radius 3 is 2.00 bits per heavy atom. The second-order valence-electron chi connectivity index (χ2n) is 8.35. The van der Waals surface area contributed by atoms with Crippen LogP contribution >= 0.6 is 0 Å². The highest BCUT2D eigenvalue weighted by atomic mass is 19.1. The molecule has 0 bridgehead atoms. The monoisotopic (exact) mass is 463 g/mol. The number of aryl methyl sites for hydroxylation is 2.